The van der Waals surface area contributed by atoms with E-state index in [-0.39, 0.29) is 5.69 Å². The van der Waals surface area contributed by atoms with Crippen molar-refractivity contribution in [1.29, 1.82) is 0 Å². The minimum Gasteiger partial charge on any atom is -0.476 e. The molecule has 0 unspecified atom stereocenters. The largest absolute Gasteiger partial charge is 0.476 e. The number of aromatic carboxylic acids is 1. The van der Waals surface area contributed by atoms with E-state index in [2.05, 4.69) is 9.97 Å². The summed E-state index contributed by atoms with van der Waals surface area (Å²) in [6, 6.07) is 0. The number of aryl methyl sites for hydroxylation is 1. The van der Waals surface area contributed by atoms with Gasteiger partial charge in [0.1, 0.15) is 6.26 Å². The molecule has 0 saturated heterocycles. The molecule has 0 fully saturated rings. The Kier molecular flexibility index (Phi) is 2.74. The van der Waals surface area contributed by atoms with Crippen LogP contribution in [0, 0.1) is 6.92 Å². The number of rotatable bonds is 3. The summed E-state index contributed by atoms with van der Waals surface area (Å²) in [4.78, 5) is 18.5. The zero-order valence-corrected chi connectivity index (χ0v) is 9.26. The average molecular weight is 242 g/mol. The fourth-order valence-electron chi connectivity index (χ4n) is 0.856. The normalized spacial score (nSPS) is 10.5. The maximum Gasteiger partial charge on any atom is 0.355 e. The second-order valence-corrected chi connectivity index (χ2v) is 4.72. The van der Waals surface area contributed by atoms with Gasteiger partial charge in [0.05, 0.1) is 5.69 Å². The van der Waals surface area contributed by atoms with Crippen LogP contribution in [0.5, 0.6) is 0 Å². The molecule has 0 aliphatic heterocycles. The molecule has 2 aromatic heterocycles. The molecule has 0 aliphatic carbocycles. The van der Waals surface area contributed by atoms with Crippen LogP contribution >= 0.6 is 23.1 Å². The zero-order valence-electron chi connectivity index (χ0n) is 7.63. The van der Waals surface area contributed by atoms with E-state index in [1.807, 2.05) is 6.92 Å². The van der Waals surface area contributed by atoms with Gasteiger partial charge in [-0.3, -0.25) is 0 Å². The van der Waals surface area contributed by atoms with Crippen LogP contribution in [0.4, 0.5) is 0 Å². The van der Waals surface area contributed by atoms with Crippen molar-refractivity contribution in [2.45, 2.75) is 16.5 Å². The van der Waals surface area contributed by atoms with Crippen molar-refractivity contribution in [3.05, 3.63) is 23.0 Å². The smallest absolute Gasteiger partial charge is 0.355 e. The lowest BCUT2D eigenvalue weighted by molar-refractivity contribution is 0.0691. The first kappa shape index (κ1) is 10.2. The molecule has 0 aliphatic rings. The van der Waals surface area contributed by atoms with Crippen LogP contribution in [-0.4, -0.2) is 21.0 Å². The monoisotopic (exact) mass is 242 g/mol. The Morgan fingerprint density at radius 3 is 2.93 bits per heavy atom. The molecule has 2 rings (SSSR count). The summed E-state index contributed by atoms with van der Waals surface area (Å²) < 4.78 is 5.71. The minimum absolute atomic E-state index is 0.0470. The third kappa shape index (κ3) is 2.37. The maximum atomic E-state index is 10.6. The first-order valence-electron chi connectivity index (χ1n) is 3.94. The Morgan fingerprint density at radius 2 is 2.40 bits per heavy atom. The molecule has 0 saturated carbocycles. The van der Waals surface area contributed by atoms with Gasteiger partial charge in [-0.05, 0) is 6.92 Å². The molecule has 2 heterocycles. The number of hydrogen-bond acceptors (Lipinski definition) is 6. The van der Waals surface area contributed by atoms with E-state index in [1.54, 1.807) is 0 Å². The number of aromatic nitrogens is 2. The van der Waals surface area contributed by atoms with Crippen molar-refractivity contribution < 1.29 is 14.3 Å². The molecule has 7 heteroatoms. The lowest BCUT2D eigenvalue weighted by atomic mass is 10.5. The molecular weight excluding hydrogens is 236 g/mol. The molecule has 5 nitrogen and oxygen atoms in total. The summed E-state index contributed by atoms with van der Waals surface area (Å²) in [6.45, 7) is 1.82. The molecule has 0 bridgehead atoms. The summed E-state index contributed by atoms with van der Waals surface area (Å²) in [6.07, 6.45) is 1.54. The molecular formula is C8H6N2O3S2. The van der Waals surface area contributed by atoms with Gasteiger partial charge in [-0.25, -0.2) is 14.8 Å². The summed E-state index contributed by atoms with van der Waals surface area (Å²) in [5, 5.41) is 10.6. The summed E-state index contributed by atoms with van der Waals surface area (Å²) in [7, 11) is 0. The van der Waals surface area contributed by atoms with Crippen molar-refractivity contribution in [3.63, 3.8) is 0 Å². The molecule has 2 aromatic rings. The number of carboxylic acids is 1. The third-order valence-corrected chi connectivity index (χ3v) is 3.28. The zero-order chi connectivity index (χ0) is 10.8. The first-order valence-corrected chi connectivity index (χ1v) is 5.63. The highest BCUT2D eigenvalue weighted by Gasteiger charge is 2.11. The topological polar surface area (TPSA) is 76.2 Å². The van der Waals surface area contributed by atoms with Crippen LogP contribution in [0.3, 0.4) is 0 Å². The van der Waals surface area contributed by atoms with Crippen LogP contribution in [0.1, 0.15) is 16.2 Å². The van der Waals surface area contributed by atoms with Crippen molar-refractivity contribution >= 4 is 29.1 Å². The SMILES string of the molecule is Cc1coc(Sc2nc(C(=O)O)cs2)n1. The number of carbonyl (C=O) groups is 1. The van der Waals surface area contributed by atoms with Gasteiger partial charge in [0.15, 0.2) is 10.0 Å². The molecule has 1 N–H and O–H groups in total. The van der Waals surface area contributed by atoms with Gasteiger partial charge in [0, 0.05) is 17.1 Å². The van der Waals surface area contributed by atoms with Crippen LogP contribution in [0.15, 0.2) is 25.6 Å². The summed E-state index contributed by atoms with van der Waals surface area (Å²) in [5.41, 5.74) is 0.832. The van der Waals surface area contributed by atoms with Crippen LogP contribution < -0.4 is 0 Å². The van der Waals surface area contributed by atoms with E-state index in [4.69, 9.17) is 9.52 Å². The van der Waals surface area contributed by atoms with E-state index < -0.39 is 5.97 Å². The minimum atomic E-state index is -1.03. The van der Waals surface area contributed by atoms with Gasteiger partial charge >= 0.3 is 5.97 Å². The molecule has 0 aromatic carbocycles. The van der Waals surface area contributed by atoms with Crippen LogP contribution in [-0.2, 0) is 0 Å². The number of oxazole rings is 1. The Bertz CT molecular complexity index is 492. The fourth-order valence-corrected chi connectivity index (χ4v) is 2.50. The lowest BCUT2D eigenvalue weighted by Gasteiger charge is -1.87. The van der Waals surface area contributed by atoms with Crippen LogP contribution in [0.2, 0.25) is 0 Å². The van der Waals surface area contributed by atoms with Crippen LogP contribution in [0.25, 0.3) is 0 Å². The van der Waals surface area contributed by atoms with E-state index in [0.29, 0.717) is 9.56 Å². The Hall–Kier alpha value is -1.34. The number of nitrogens with zero attached hydrogens (tertiary/aromatic N) is 2. The van der Waals surface area contributed by atoms with Gasteiger partial charge < -0.3 is 9.52 Å². The van der Waals surface area contributed by atoms with E-state index in [0.717, 1.165) is 5.69 Å². The van der Waals surface area contributed by atoms with Crippen molar-refractivity contribution in [3.8, 4) is 0 Å². The Labute approximate surface area is 93.2 Å². The molecule has 0 spiro atoms. The van der Waals surface area contributed by atoms with Crippen molar-refractivity contribution in [1.82, 2.24) is 9.97 Å². The highest BCUT2D eigenvalue weighted by Crippen LogP contribution is 2.29. The average Bonchev–Trinajstić information content (AvgIpc) is 2.76. The van der Waals surface area contributed by atoms with E-state index in [9.17, 15) is 4.79 Å². The van der Waals surface area contributed by atoms with Crippen molar-refractivity contribution in [2.75, 3.05) is 0 Å². The van der Waals surface area contributed by atoms with Gasteiger partial charge in [0.25, 0.3) is 5.22 Å². The number of thiazole rings is 1. The molecule has 0 amide bonds. The molecule has 0 atom stereocenters. The maximum absolute atomic E-state index is 10.6. The van der Waals surface area contributed by atoms with Gasteiger partial charge in [-0.15, -0.1) is 11.3 Å². The molecule has 15 heavy (non-hydrogen) atoms. The van der Waals surface area contributed by atoms with Crippen molar-refractivity contribution in [2.24, 2.45) is 0 Å². The highest BCUT2D eigenvalue weighted by atomic mass is 32.2. The summed E-state index contributed by atoms with van der Waals surface area (Å²) >= 11 is 2.47. The quantitative estimate of drug-likeness (QED) is 0.889. The Morgan fingerprint density at radius 1 is 1.60 bits per heavy atom. The van der Waals surface area contributed by atoms with Gasteiger partial charge in [-0.1, -0.05) is 0 Å². The van der Waals surface area contributed by atoms with E-state index >= 15 is 0 Å². The number of carboxylic acid groups (broad SMARTS) is 1. The number of hydrogen-bond donors (Lipinski definition) is 1. The molecule has 0 radical (unpaired) electrons. The summed E-state index contributed by atoms with van der Waals surface area (Å²) in [5.74, 6) is -1.03. The van der Waals surface area contributed by atoms with E-state index in [1.165, 1.54) is 34.7 Å². The lowest BCUT2D eigenvalue weighted by Crippen LogP contribution is -1.95. The standard InChI is InChI=1S/C8H6N2O3S2/c1-4-2-13-7(9-4)15-8-10-5(3-14-8)6(11)12/h2-3H,1H3,(H,11,12). The second-order valence-electron chi connectivity index (χ2n) is 2.66. The predicted octanol–water partition coefficient (Wildman–Crippen LogP) is 2.29. The predicted molar refractivity (Wildman–Crippen MR) is 54.4 cm³/mol. The third-order valence-electron chi connectivity index (χ3n) is 1.47. The second kappa shape index (κ2) is 4.03. The fraction of sp³-hybridized carbons (Fsp3) is 0.125. The highest BCUT2D eigenvalue weighted by molar-refractivity contribution is 8.00. The van der Waals surface area contributed by atoms with Gasteiger partial charge in [0.2, 0.25) is 0 Å². The Balaban J connectivity index is 2.14. The molecule has 78 valence electrons. The first-order chi connectivity index (χ1) is 7.15. The van der Waals surface area contributed by atoms with Gasteiger partial charge in [-0.2, -0.15) is 0 Å².